The van der Waals surface area contributed by atoms with Crippen molar-refractivity contribution < 1.29 is 13.5 Å². The molecule has 3 aromatic carbocycles. The molecule has 0 spiro atoms. The lowest BCUT2D eigenvalue weighted by Crippen LogP contribution is -2.43. The van der Waals surface area contributed by atoms with Gasteiger partial charge >= 0.3 is 0 Å². The Kier molecular flexibility index (Phi) is 6.86. The standard InChI is InChI=1S/C40H44N2O/c1-11-16-26(5)36-37(40(36,7)41(8)24-27(6)25(3)4)38-32-22-21-31-30-20-19-29(28-17-14-13-15-18-28)23-34(30)43-39(31)35(32)33(12-2)42(38,9)10/h11-24,33,36-38H,2-3,5,8H2,1,4,6-7,9-10H3/q+2/b16-11-,27-24?. The molecule has 43 heavy (non-hydrogen) atoms. The molecule has 1 saturated carbocycles. The SMILES string of the molecule is C=CC1c2c(ccc3c2oc2cc(-c4ccccc4)ccc23)C(C2C(C(=C)/C=C\C)C2(C)[N+](=C)C=C(C)C(=C)C)[N+]1(C)C. The summed E-state index contributed by atoms with van der Waals surface area (Å²) in [7, 11) is 4.69. The topological polar surface area (TPSA) is 16.1 Å². The minimum absolute atomic E-state index is 0.0873. The maximum atomic E-state index is 6.79. The molecule has 0 amide bonds. The summed E-state index contributed by atoms with van der Waals surface area (Å²) in [5.41, 5.74) is 9.96. The van der Waals surface area contributed by atoms with E-state index in [1.807, 2.05) is 13.0 Å². The lowest BCUT2D eigenvalue weighted by atomic mass is 9.94. The highest BCUT2D eigenvalue weighted by Crippen LogP contribution is 2.68. The van der Waals surface area contributed by atoms with E-state index in [-0.39, 0.29) is 29.5 Å². The van der Waals surface area contributed by atoms with E-state index in [9.17, 15) is 0 Å². The predicted octanol–water partition coefficient (Wildman–Crippen LogP) is 9.94. The van der Waals surface area contributed by atoms with Gasteiger partial charge in [-0.25, -0.2) is 4.58 Å². The first-order chi connectivity index (χ1) is 20.5. The maximum absolute atomic E-state index is 6.79. The number of likely N-dealkylation sites (N-methyl/N-ethyl adjacent to an activating group) is 1. The van der Waals surface area contributed by atoms with Gasteiger partial charge in [-0.15, -0.1) is 0 Å². The molecule has 3 nitrogen and oxygen atoms in total. The molecule has 2 aliphatic rings. The molecule has 4 aromatic rings. The summed E-state index contributed by atoms with van der Waals surface area (Å²) in [6.45, 7) is 26.2. The normalized spacial score (nSPS) is 26.1. The number of nitrogens with zero attached hydrogens (tertiary/aromatic N) is 2. The van der Waals surface area contributed by atoms with Crippen LogP contribution in [0.4, 0.5) is 0 Å². The van der Waals surface area contributed by atoms with Crippen LogP contribution in [0.2, 0.25) is 0 Å². The van der Waals surface area contributed by atoms with E-state index in [4.69, 9.17) is 4.42 Å². The van der Waals surface area contributed by atoms with Crippen molar-refractivity contribution in [1.29, 1.82) is 0 Å². The van der Waals surface area contributed by atoms with Crippen LogP contribution in [0.15, 0.2) is 126 Å². The smallest absolute Gasteiger partial charge is 0.181 e. The molecule has 6 rings (SSSR count). The summed E-state index contributed by atoms with van der Waals surface area (Å²) in [5.74, 6) is 0.530. The number of fused-ring (bicyclic) bond motifs is 5. The molecule has 218 valence electrons. The van der Waals surface area contributed by atoms with Crippen molar-refractivity contribution in [3.05, 3.63) is 133 Å². The highest BCUT2D eigenvalue weighted by atomic mass is 16.3. The Morgan fingerprint density at radius 1 is 0.977 bits per heavy atom. The van der Waals surface area contributed by atoms with Crippen LogP contribution in [0.25, 0.3) is 33.1 Å². The number of furan rings is 1. The second kappa shape index (κ2) is 10.2. The van der Waals surface area contributed by atoms with Crippen LogP contribution in [0.5, 0.6) is 0 Å². The van der Waals surface area contributed by atoms with E-state index in [1.165, 1.54) is 16.7 Å². The second-order valence-electron chi connectivity index (χ2n) is 13.2. The van der Waals surface area contributed by atoms with E-state index in [1.54, 1.807) is 0 Å². The molecule has 3 heteroatoms. The van der Waals surface area contributed by atoms with Crippen molar-refractivity contribution in [2.75, 3.05) is 14.1 Å². The highest BCUT2D eigenvalue weighted by molar-refractivity contribution is 6.07. The van der Waals surface area contributed by atoms with E-state index in [2.05, 4.69) is 145 Å². The van der Waals surface area contributed by atoms with Crippen molar-refractivity contribution >= 4 is 28.7 Å². The van der Waals surface area contributed by atoms with E-state index >= 15 is 0 Å². The number of hydrogen-bond donors (Lipinski definition) is 0. The van der Waals surface area contributed by atoms with Gasteiger partial charge < -0.3 is 8.90 Å². The predicted molar refractivity (Wildman–Crippen MR) is 182 cm³/mol. The summed E-state index contributed by atoms with van der Waals surface area (Å²) < 4.78 is 9.73. The molecule has 5 unspecified atom stereocenters. The van der Waals surface area contributed by atoms with Crippen LogP contribution in [-0.4, -0.2) is 35.4 Å². The molecule has 1 aliphatic carbocycles. The fourth-order valence-electron chi connectivity index (χ4n) is 7.92. The molecule has 1 aromatic heterocycles. The second-order valence-corrected chi connectivity index (χ2v) is 13.2. The van der Waals surface area contributed by atoms with Crippen LogP contribution in [0.3, 0.4) is 0 Å². The fourth-order valence-corrected chi connectivity index (χ4v) is 7.92. The molecule has 5 atom stereocenters. The molecular formula is C40H44N2O+2. The summed E-state index contributed by atoms with van der Waals surface area (Å²) >= 11 is 0. The first-order valence-corrected chi connectivity index (χ1v) is 15.2. The molecule has 0 radical (unpaired) electrons. The van der Waals surface area contributed by atoms with Crippen LogP contribution >= 0.6 is 0 Å². The molecule has 0 N–H and O–H groups in total. The van der Waals surface area contributed by atoms with Crippen molar-refractivity contribution in [2.24, 2.45) is 11.8 Å². The highest BCUT2D eigenvalue weighted by Gasteiger charge is 2.77. The number of quaternary nitrogens is 1. The van der Waals surface area contributed by atoms with Crippen LogP contribution < -0.4 is 0 Å². The minimum atomic E-state index is -0.214. The third-order valence-electron chi connectivity index (χ3n) is 10.4. The Labute approximate surface area is 256 Å². The Balaban J connectivity index is 1.52. The number of rotatable bonds is 8. The van der Waals surface area contributed by atoms with Crippen molar-refractivity contribution in [1.82, 2.24) is 0 Å². The summed E-state index contributed by atoms with van der Waals surface area (Å²) in [5, 5.41) is 2.31. The fraction of sp³-hybridized carbons (Fsp3) is 0.275. The van der Waals surface area contributed by atoms with Crippen LogP contribution in [-0.2, 0) is 0 Å². The third-order valence-corrected chi connectivity index (χ3v) is 10.4. The lowest BCUT2D eigenvalue weighted by molar-refractivity contribution is -0.940. The van der Waals surface area contributed by atoms with Crippen molar-refractivity contribution in [3.8, 4) is 11.1 Å². The first-order valence-electron chi connectivity index (χ1n) is 15.2. The van der Waals surface area contributed by atoms with E-state index < -0.39 is 0 Å². The summed E-state index contributed by atoms with van der Waals surface area (Å²) in [6.07, 6.45) is 8.53. The Hall–Kier alpha value is -4.21. The molecule has 1 fully saturated rings. The van der Waals surface area contributed by atoms with Crippen LogP contribution in [0, 0.1) is 11.8 Å². The minimum Gasteiger partial charge on any atom is -0.455 e. The Morgan fingerprint density at radius 2 is 1.67 bits per heavy atom. The molecule has 1 aliphatic heterocycles. The molecule has 0 bridgehead atoms. The lowest BCUT2D eigenvalue weighted by Gasteiger charge is -2.37. The first kappa shape index (κ1) is 28.9. The molecular weight excluding hydrogens is 524 g/mol. The van der Waals surface area contributed by atoms with Crippen molar-refractivity contribution in [2.45, 2.75) is 45.3 Å². The van der Waals surface area contributed by atoms with Gasteiger partial charge in [0.15, 0.2) is 11.7 Å². The summed E-state index contributed by atoms with van der Waals surface area (Å²) in [6, 6.07) is 22.0. The van der Waals surface area contributed by atoms with Gasteiger partial charge in [0.2, 0.25) is 0 Å². The zero-order valence-corrected chi connectivity index (χ0v) is 26.5. The van der Waals surface area contributed by atoms with Gasteiger partial charge in [0, 0.05) is 28.8 Å². The van der Waals surface area contributed by atoms with E-state index in [0.717, 1.165) is 48.7 Å². The van der Waals surface area contributed by atoms with Gasteiger partial charge in [-0.05, 0) is 67.3 Å². The molecule has 2 heterocycles. The monoisotopic (exact) mass is 568 g/mol. The maximum Gasteiger partial charge on any atom is 0.181 e. The Bertz CT molecular complexity index is 1880. The molecule has 0 saturated heterocycles. The number of allylic oxidation sites excluding steroid dienone is 4. The van der Waals surface area contributed by atoms with Gasteiger partial charge in [-0.2, -0.15) is 0 Å². The van der Waals surface area contributed by atoms with Gasteiger partial charge in [0.25, 0.3) is 0 Å². The zero-order chi connectivity index (χ0) is 30.8. The van der Waals surface area contributed by atoms with Gasteiger partial charge in [0.1, 0.15) is 30.0 Å². The zero-order valence-electron chi connectivity index (χ0n) is 26.5. The average molecular weight is 569 g/mol. The van der Waals surface area contributed by atoms with Gasteiger partial charge in [-0.1, -0.05) is 74.4 Å². The van der Waals surface area contributed by atoms with Gasteiger partial charge in [-0.3, -0.25) is 0 Å². The van der Waals surface area contributed by atoms with Crippen LogP contribution in [0.1, 0.15) is 50.9 Å². The number of benzene rings is 3. The third kappa shape index (κ3) is 4.24. The average Bonchev–Trinajstić information content (AvgIpc) is 3.31. The summed E-state index contributed by atoms with van der Waals surface area (Å²) in [4.78, 5) is 0. The number of hydrogen-bond acceptors (Lipinski definition) is 1. The Morgan fingerprint density at radius 3 is 2.33 bits per heavy atom. The van der Waals surface area contributed by atoms with Gasteiger partial charge in [0.05, 0.1) is 31.5 Å². The quantitative estimate of drug-likeness (QED) is 0.0679. The van der Waals surface area contributed by atoms with Crippen molar-refractivity contribution in [3.63, 3.8) is 0 Å². The van der Waals surface area contributed by atoms with E-state index in [0.29, 0.717) is 0 Å². The largest absolute Gasteiger partial charge is 0.455 e.